The second-order valence-electron chi connectivity index (χ2n) is 2.63. The molecule has 0 atom stereocenters. The summed E-state index contributed by atoms with van der Waals surface area (Å²) in [6.45, 7) is 1.64. The number of halogens is 1. The van der Waals surface area contributed by atoms with Crippen LogP contribution in [-0.2, 0) is 0 Å². The minimum Gasteiger partial charge on any atom is -0.258 e. The fourth-order valence-corrected chi connectivity index (χ4v) is 1.61. The van der Waals surface area contributed by atoms with Crippen LogP contribution in [0.5, 0.6) is 0 Å². The molecular weight excluding hydrogens is 187 g/mol. The lowest BCUT2D eigenvalue weighted by Crippen LogP contribution is -1.88. The molecule has 2 rings (SSSR count). The Kier molecular flexibility index (Phi) is 2.06. The Morgan fingerprint density at radius 2 is 2.23 bits per heavy atom. The van der Waals surface area contributed by atoms with Gasteiger partial charge in [-0.15, -0.1) is 11.3 Å². The SMILES string of the molecule is Cc1ncc(-c2nccs2)cc1F. The van der Waals surface area contributed by atoms with E-state index in [1.807, 2.05) is 5.38 Å². The Bertz CT molecular complexity index is 412. The highest BCUT2D eigenvalue weighted by molar-refractivity contribution is 7.13. The number of hydrogen-bond acceptors (Lipinski definition) is 3. The van der Waals surface area contributed by atoms with Crippen molar-refractivity contribution in [2.24, 2.45) is 0 Å². The predicted octanol–water partition coefficient (Wildman–Crippen LogP) is 2.65. The molecule has 0 aliphatic carbocycles. The summed E-state index contributed by atoms with van der Waals surface area (Å²) in [5, 5.41) is 2.65. The highest BCUT2D eigenvalue weighted by Crippen LogP contribution is 2.21. The maximum absolute atomic E-state index is 13.1. The third-order valence-corrected chi connectivity index (χ3v) is 2.53. The zero-order valence-electron chi connectivity index (χ0n) is 6.99. The molecule has 0 aromatic carbocycles. The van der Waals surface area contributed by atoms with E-state index >= 15 is 0 Å². The molecule has 0 radical (unpaired) electrons. The van der Waals surface area contributed by atoms with E-state index in [1.54, 1.807) is 19.3 Å². The molecule has 2 aromatic heterocycles. The molecule has 0 saturated heterocycles. The molecular formula is C9H7FN2S. The minimum absolute atomic E-state index is 0.285. The molecule has 0 bridgehead atoms. The summed E-state index contributed by atoms with van der Waals surface area (Å²) in [7, 11) is 0. The molecule has 2 nitrogen and oxygen atoms in total. The van der Waals surface area contributed by atoms with Crippen molar-refractivity contribution >= 4 is 11.3 Å². The van der Waals surface area contributed by atoms with Crippen molar-refractivity contribution in [3.05, 3.63) is 35.4 Å². The van der Waals surface area contributed by atoms with Crippen molar-refractivity contribution in [3.63, 3.8) is 0 Å². The van der Waals surface area contributed by atoms with E-state index in [0.717, 1.165) is 10.6 Å². The van der Waals surface area contributed by atoms with Gasteiger partial charge in [-0.05, 0) is 13.0 Å². The van der Waals surface area contributed by atoms with E-state index in [-0.39, 0.29) is 5.82 Å². The van der Waals surface area contributed by atoms with Crippen LogP contribution in [0, 0.1) is 12.7 Å². The molecule has 66 valence electrons. The maximum Gasteiger partial charge on any atom is 0.145 e. The van der Waals surface area contributed by atoms with Crippen molar-refractivity contribution in [1.29, 1.82) is 0 Å². The lowest BCUT2D eigenvalue weighted by Gasteiger charge is -1.97. The minimum atomic E-state index is -0.285. The smallest absolute Gasteiger partial charge is 0.145 e. The normalized spacial score (nSPS) is 10.3. The third-order valence-electron chi connectivity index (χ3n) is 1.70. The van der Waals surface area contributed by atoms with E-state index in [0.29, 0.717) is 5.69 Å². The van der Waals surface area contributed by atoms with Gasteiger partial charge in [0.05, 0.1) is 5.69 Å². The van der Waals surface area contributed by atoms with Crippen molar-refractivity contribution in [1.82, 2.24) is 9.97 Å². The van der Waals surface area contributed by atoms with Crippen molar-refractivity contribution in [3.8, 4) is 10.6 Å². The molecule has 2 aromatic rings. The van der Waals surface area contributed by atoms with Gasteiger partial charge in [-0.25, -0.2) is 9.37 Å². The zero-order valence-corrected chi connectivity index (χ0v) is 7.81. The van der Waals surface area contributed by atoms with Gasteiger partial charge >= 0.3 is 0 Å². The number of aryl methyl sites for hydroxylation is 1. The van der Waals surface area contributed by atoms with E-state index in [2.05, 4.69) is 9.97 Å². The fraction of sp³-hybridized carbons (Fsp3) is 0.111. The Hall–Kier alpha value is -1.29. The van der Waals surface area contributed by atoms with E-state index in [9.17, 15) is 4.39 Å². The van der Waals surface area contributed by atoms with Crippen LogP contribution in [-0.4, -0.2) is 9.97 Å². The first-order valence-electron chi connectivity index (χ1n) is 3.79. The first-order valence-corrected chi connectivity index (χ1v) is 4.67. The first kappa shape index (κ1) is 8.31. The number of hydrogen-bond donors (Lipinski definition) is 0. The van der Waals surface area contributed by atoms with Crippen LogP contribution in [0.15, 0.2) is 23.8 Å². The molecule has 0 spiro atoms. The van der Waals surface area contributed by atoms with Crippen LogP contribution in [0.3, 0.4) is 0 Å². The number of rotatable bonds is 1. The van der Waals surface area contributed by atoms with Crippen LogP contribution >= 0.6 is 11.3 Å². The number of thiazole rings is 1. The molecule has 4 heteroatoms. The topological polar surface area (TPSA) is 25.8 Å². The van der Waals surface area contributed by atoms with Crippen LogP contribution in [0.4, 0.5) is 4.39 Å². The van der Waals surface area contributed by atoms with Crippen molar-refractivity contribution in [2.45, 2.75) is 6.92 Å². The van der Waals surface area contributed by atoms with Gasteiger partial charge < -0.3 is 0 Å². The fourth-order valence-electron chi connectivity index (χ4n) is 0.989. The summed E-state index contributed by atoms with van der Waals surface area (Å²) in [6, 6.07) is 1.46. The maximum atomic E-state index is 13.1. The highest BCUT2D eigenvalue weighted by Gasteiger charge is 2.04. The van der Waals surface area contributed by atoms with Crippen LogP contribution < -0.4 is 0 Å². The number of pyridine rings is 1. The Balaban J connectivity index is 2.49. The van der Waals surface area contributed by atoms with Gasteiger partial charge in [-0.1, -0.05) is 0 Å². The lowest BCUT2D eigenvalue weighted by molar-refractivity contribution is 0.610. The molecule has 2 heterocycles. The van der Waals surface area contributed by atoms with Gasteiger partial charge in [-0.2, -0.15) is 0 Å². The molecule has 0 N–H and O–H groups in total. The lowest BCUT2D eigenvalue weighted by atomic mass is 10.2. The quantitative estimate of drug-likeness (QED) is 0.697. The van der Waals surface area contributed by atoms with Gasteiger partial charge in [0.25, 0.3) is 0 Å². The molecule has 0 fully saturated rings. The van der Waals surface area contributed by atoms with E-state index in [4.69, 9.17) is 0 Å². The molecule has 0 amide bonds. The largest absolute Gasteiger partial charge is 0.258 e. The third kappa shape index (κ3) is 1.58. The second kappa shape index (κ2) is 3.22. The summed E-state index contributed by atoms with van der Waals surface area (Å²) in [4.78, 5) is 8.00. The van der Waals surface area contributed by atoms with Crippen molar-refractivity contribution < 1.29 is 4.39 Å². The van der Waals surface area contributed by atoms with Gasteiger partial charge in [0.2, 0.25) is 0 Å². The predicted molar refractivity (Wildman–Crippen MR) is 50.0 cm³/mol. The van der Waals surface area contributed by atoms with Gasteiger partial charge in [-0.3, -0.25) is 4.98 Å². The molecule has 0 saturated carbocycles. The van der Waals surface area contributed by atoms with E-state index < -0.39 is 0 Å². The highest BCUT2D eigenvalue weighted by atomic mass is 32.1. The zero-order chi connectivity index (χ0) is 9.26. The molecule has 0 aliphatic rings. The molecule has 0 unspecified atom stereocenters. The molecule has 13 heavy (non-hydrogen) atoms. The van der Waals surface area contributed by atoms with Crippen LogP contribution in [0.1, 0.15) is 5.69 Å². The average molecular weight is 194 g/mol. The van der Waals surface area contributed by atoms with Gasteiger partial charge in [0.15, 0.2) is 0 Å². The van der Waals surface area contributed by atoms with Crippen LogP contribution in [0.25, 0.3) is 10.6 Å². The summed E-state index contributed by atoms with van der Waals surface area (Å²) < 4.78 is 13.1. The Morgan fingerprint density at radius 1 is 1.38 bits per heavy atom. The summed E-state index contributed by atoms with van der Waals surface area (Å²) in [5.41, 5.74) is 1.15. The monoisotopic (exact) mass is 194 g/mol. The Labute approximate surface area is 79.1 Å². The number of nitrogens with zero attached hydrogens (tertiary/aromatic N) is 2. The summed E-state index contributed by atoms with van der Waals surface area (Å²) in [5.74, 6) is -0.285. The number of aromatic nitrogens is 2. The summed E-state index contributed by atoms with van der Waals surface area (Å²) in [6.07, 6.45) is 3.33. The standard InChI is InChI=1S/C9H7FN2S/c1-6-8(10)4-7(5-12-6)9-11-2-3-13-9/h2-5H,1H3. The first-order chi connectivity index (χ1) is 6.27. The second-order valence-corrected chi connectivity index (χ2v) is 3.52. The van der Waals surface area contributed by atoms with E-state index in [1.165, 1.54) is 17.4 Å². The van der Waals surface area contributed by atoms with Gasteiger partial charge in [0.1, 0.15) is 10.8 Å². The summed E-state index contributed by atoms with van der Waals surface area (Å²) >= 11 is 1.47. The Morgan fingerprint density at radius 3 is 2.85 bits per heavy atom. The van der Waals surface area contributed by atoms with Crippen molar-refractivity contribution in [2.75, 3.05) is 0 Å². The van der Waals surface area contributed by atoms with Gasteiger partial charge in [0, 0.05) is 23.3 Å². The van der Waals surface area contributed by atoms with Crippen LogP contribution in [0.2, 0.25) is 0 Å². The molecule has 0 aliphatic heterocycles. The average Bonchev–Trinajstić information content (AvgIpc) is 2.62.